The molecule has 0 spiro atoms. The number of carbonyl (C=O) groups is 1. The van der Waals surface area contributed by atoms with Gasteiger partial charge in [0.15, 0.2) is 0 Å². The number of fused-ring (bicyclic) bond motifs is 1. The Morgan fingerprint density at radius 3 is 3.22 bits per heavy atom. The first-order valence-electron chi connectivity index (χ1n) is 6.08. The van der Waals surface area contributed by atoms with E-state index in [4.69, 9.17) is 9.47 Å². The maximum Gasteiger partial charge on any atom is 0.248 e. The summed E-state index contributed by atoms with van der Waals surface area (Å²) in [6.07, 6.45) is 2.62. The highest BCUT2D eigenvalue weighted by atomic mass is 16.5. The minimum absolute atomic E-state index is 0.0283. The Kier molecular flexibility index (Phi) is 4.66. The predicted molar refractivity (Wildman–Crippen MR) is 66.1 cm³/mol. The quantitative estimate of drug-likeness (QED) is 0.719. The van der Waals surface area contributed by atoms with Crippen LogP contribution in [0.5, 0.6) is 0 Å². The third-order valence-corrected chi connectivity index (χ3v) is 2.97. The zero-order chi connectivity index (χ0) is 12.8. The standard InChI is InChI=1S/C13H18N2O3/c1-17-7-8-18-10-13(16)15-6-4-12-11(9-15)3-2-5-14-12/h2-3,5H,4,6-10H2,1H3. The Hall–Kier alpha value is -1.46. The predicted octanol–water partition coefficient (Wildman–Crippen LogP) is 0.629. The van der Waals surface area contributed by atoms with Crippen molar-refractivity contribution in [2.75, 3.05) is 33.5 Å². The Bertz CT molecular complexity index is 409. The smallest absolute Gasteiger partial charge is 0.248 e. The Morgan fingerprint density at radius 1 is 1.50 bits per heavy atom. The van der Waals surface area contributed by atoms with Gasteiger partial charge < -0.3 is 14.4 Å². The number of methoxy groups -OCH3 is 1. The van der Waals surface area contributed by atoms with Crippen LogP contribution in [0.1, 0.15) is 11.3 Å². The number of ether oxygens (including phenoxy) is 2. The van der Waals surface area contributed by atoms with Crippen LogP contribution >= 0.6 is 0 Å². The molecule has 1 aliphatic rings. The second-order valence-electron chi connectivity index (χ2n) is 4.22. The highest BCUT2D eigenvalue weighted by molar-refractivity contribution is 5.77. The second kappa shape index (κ2) is 6.47. The number of aromatic nitrogens is 1. The van der Waals surface area contributed by atoms with Gasteiger partial charge in [0, 0.05) is 38.5 Å². The highest BCUT2D eigenvalue weighted by Crippen LogP contribution is 2.16. The maximum atomic E-state index is 11.9. The number of hydrogen-bond acceptors (Lipinski definition) is 4. The molecular formula is C13H18N2O3. The number of nitrogens with zero attached hydrogens (tertiary/aromatic N) is 2. The summed E-state index contributed by atoms with van der Waals surface area (Å²) in [5, 5.41) is 0. The van der Waals surface area contributed by atoms with E-state index in [2.05, 4.69) is 4.98 Å². The minimum atomic E-state index is 0.0283. The van der Waals surface area contributed by atoms with Crippen LogP contribution in [0.15, 0.2) is 18.3 Å². The van der Waals surface area contributed by atoms with E-state index >= 15 is 0 Å². The Morgan fingerprint density at radius 2 is 2.39 bits per heavy atom. The zero-order valence-electron chi connectivity index (χ0n) is 10.6. The fourth-order valence-corrected chi connectivity index (χ4v) is 1.97. The third-order valence-electron chi connectivity index (χ3n) is 2.97. The summed E-state index contributed by atoms with van der Waals surface area (Å²) in [6.45, 7) is 2.44. The molecule has 1 aromatic heterocycles. The number of carbonyl (C=O) groups excluding carboxylic acids is 1. The molecule has 0 atom stereocenters. The van der Waals surface area contributed by atoms with Crippen molar-refractivity contribution in [2.45, 2.75) is 13.0 Å². The van der Waals surface area contributed by atoms with Gasteiger partial charge in [-0.15, -0.1) is 0 Å². The molecule has 0 saturated heterocycles. The molecule has 0 fully saturated rings. The summed E-state index contributed by atoms with van der Waals surface area (Å²) in [7, 11) is 1.61. The molecule has 1 aromatic rings. The minimum Gasteiger partial charge on any atom is -0.382 e. The SMILES string of the molecule is COCCOCC(=O)N1CCc2ncccc2C1. The number of pyridine rings is 1. The van der Waals surface area contributed by atoms with E-state index in [-0.39, 0.29) is 12.5 Å². The lowest BCUT2D eigenvalue weighted by Crippen LogP contribution is -2.38. The molecular weight excluding hydrogens is 232 g/mol. The largest absolute Gasteiger partial charge is 0.382 e. The number of amides is 1. The molecule has 0 aromatic carbocycles. The van der Waals surface area contributed by atoms with Crippen LogP contribution in [0, 0.1) is 0 Å². The second-order valence-corrected chi connectivity index (χ2v) is 4.22. The summed E-state index contributed by atoms with van der Waals surface area (Å²) in [6, 6.07) is 3.93. The molecule has 0 aliphatic carbocycles. The van der Waals surface area contributed by atoms with Crippen molar-refractivity contribution >= 4 is 5.91 Å². The highest BCUT2D eigenvalue weighted by Gasteiger charge is 2.20. The van der Waals surface area contributed by atoms with E-state index in [1.165, 1.54) is 0 Å². The Balaban J connectivity index is 1.83. The van der Waals surface area contributed by atoms with Gasteiger partial charge in [-0.1, -0.05) is 6.07 Å². The summed E-state index contributed by atoms with van der Waals surface area (Å²) in [4.78, 5) is 18.0. The van der Waals surface area contributed by atoms with Crippen molar-refractivity contribution < 1.29 is 14.3 Å². The fraction of sp³-hybridized carbons (Fsp3) is 0.538. The normalized spacial score (nSPS) is 14.4. The molecule has 2 heterocycles. The summed E-state index contributed by atoms with van der Waals surface area (Å²) < 4.78 is 10.1. The molecule has 18 heavy (non-hydrogen) atoms. The van der Waals surface area contributed by atoms with Crippen LogP contribution in [0.25, 0.3) is 0 Å². The molecule has 0 bridgehead atoms. The monoisotopic (exact) mass is 250 g/mol. The molecule has 1 amide bonds. The molecule has 2 rings (SSSR count). The van der Waals surface area contributed by atoms with Crippen LogP contribution in [-0.4, -0.2) is 49.3 Å². The Labute approximate surface area is 107 Å². The van der Waals surface area contributed by atoms with Crippen molar-refractivity contribution in [2.24, 2.45) is 0 Å². The van der Waals surface area contributed by atoms with Gasteiger partial charge in [-0.25, -0.2) is 0 Å². The fourth-order valence-electron chi connectivity index (χ4n) is 1.97. The van der Waals surface area contributed by atoms with Gasteiger partial charge in [-0.05, 0) is 11.6 Å². The summed E-state index contributed by atoms with van der Waals surface area (Å²) in [5.41, 5.74) is 2.23. The van der Waals surface area contributed by atoms with Crippen LogP contribution in [-0.2, 0) is 27.2 Å². The van der Waals surface area contributed by atoms with E-state index in [1.54, 1.807) is 13.3 Å². The van der Waals surface area contributed by atoms with Crippen molar-refractivity contribution in [3.63, 3.8) is 0 Å². The van der Waals surface area contributed by atoms with Gasteiger partial charge in [0.1, 0.15) is 6.61 Å². The lowest BCUT2D eigenvalue weighted by atomic mass is 10.1. The lowest BCUT2D eigenvalue weighted by Gasteiger charge is -2.28. The molecule has 1 aliphatic heterocycles. The lowest BCUT2D eigenvalue weighted by molar-refractivity contribution is -0.137. The maximum absolute atomic E-state index is 11.9. The first kappa shape index (κ1) is 13.0. The van der Waals surface area contributed by atoms with Crippen molar-refractivity contribution in [1.82, 2.24) is 9.88 Å². The number of rotatable bonds is 5. The van der Waals surface area contributed by atoms with Gasteiger partial charge in [0.25, 0.3) is 0 Å². The van der Waals surface area contributed by atoms with E-state index in [0.29, 0.717) is 19.8 Å². The molecule has 0 N–H and O–H groups in total. The molecule has 5 nitrogen and oxygen atoms in total. The average Bonchev–Trinajstić information content (AvgIpc) is 2.43. The zero-order valence-corrected chi connectivity index (χ0v) is 10.6. The molecule has 0 saturated carbocycles. The van der Waals surface area contributed by atoms with Crippen molar-refractivity contribution in [3.05, 3.63) is 29.6 Å². The van der Waals surface area contributed by atoms with Crippen molar-refractivity contribution in [3.8, 4) is 0 Å². The first-order chi connectivity index (χ1) is 8.81. The van der Waals surface area contributed by atoms with Crippen molar-refractivity contribution in [1.29, 1.82) is 0 Å². The average molecular weight is 250 g/mol. The molecule has 98 valence electrons. The van der Waals surface area contributed by atoms with Crippen LogP contribution < -0.4 is 0 Å². The van der Waals surface area contributed by atoms with Gasteiger partial charge in [0.05, 0.1) is 13.2 Å². The first-order valence-corrected chi connectivity index (χ1v) is 6.08. The van der Waals surface area contributed by atoms with E-state index < -0.39 is 0 Å². The molecule has 0 radical (unpaired) electrons. The summed E-state index contributed by atoms with van der Waals surface area (Å²) in [5.74, 6) is 0.0283. The van der Waals surface area contributed by atoms with Gasteiger partial charge in [0.2, 0.25) is 5.91 Å². The van der Waals surface area contributed by atoms with E-state index in [0.717, 1.165) is 24.2 Å². The van der Waals surface area contributed by atoms with Gasteiger partial charge in [-0.3, -0.25) is 9.78 Å². The van der Waals surface area contributed by atoms with Crippen LogP contribution in [0.4, 0.5) is 0 Å². The van der Waals surface area contributed by atoms with Crippen LogP contribution in [0.3, 0.4) is 0 Å². The van der Waals surface area contributed by atoms with E-state index in [9.17, 15) is 4.79 Å². The molecule has 0 unspecified atom stereocenters. The van der Waals surface area contributed by atoms with Gasteiger partial charge in [-0.2, -0.15) is 0 Å². The topological polar surface area (TPSA) is 51.7 Å². The van der Waals surface area contributed by atoms with Gasteiger partial charge >= 0.3 is 0 Å². The third kappa shape index (κ3) is 3.27. The van der Waals surface area contributed by atoms with E-state index in [1.807, 2.05) is 17.0 Å². The number of hydrogen-bond donors (Lipinski definition) is 0. The molecule has 5 heteroatoms. The van der Waals surface area contributed by atoms with Crippen LogP contribution in [0.2, 0.25) is 0 Å². The summed E-state index contributed by atoms with van der Waals surface area (Å²) >= 11 is 0.